The molecule has 0 saturated heterocycles. The molecule has 7 nitrogen and oxygen atoms in total. The van der Waals surface area contributed by atoms with Crippen LogP contribution in [0.2, 0.25) is 0 Å². The molecule has 0 unspecified atom stereocenters. The molecule has 0 aromatic carbocycles. The molecule has 2 aromatic heterocycles. The van der Waals surface area contributed by atoms with Crippen LogP contribution in [0.25, 0.3) is 10.7 Å². The zero-order valence-corrected chi connectivity index (χ0v) is 13.9. The van der Waals surface area contributed by atoms with Gasteiger partial charge in [0.1, 0.15) is 0 Å². The topological polar surface area (TPSA) is 86.1 Å². The Morgan fingerprint density at radius 2 is 2.27 bits per heavy atom. The summed E-state index contributed by atoms with van der Waals surface area (Å²) >= 11 is 2.83. The summed E-state index contributed by atoms with van der Waals surface area (Å²) in [7, 11) is 1.49. The maximum Gasteiger partial charge on any atom is 0.316 e. The Morgan fingerprint density at radius 3 is 2.91 bits per heavy atom. The summed E-state index contributed by atoms with van der Waals surface area (Å²) in [6.45, 7) is 2.43. The monoisotopic (exact) mass is 340 g/mol. The third-order valence-electron chi connectivity index (χ3n) is 2.74. The quantitative estimate of drug-likeness (QED) is 0.606. The van der Waals surface area contributed by atoms with Gasteiger partial charge in [0, 0.05) is 13.6 Å². The van der Waals surface area contributed by atoms with Crippen LogP contribution in [0.15, 0.2) is 22.7 Å². The van der Waals surface area contributed by atoms with E-state index in [4.69, 9.17) is 4.74 Å². The fourth-order valence-electron chi connectivity index (χ4n) is 1.65. The molecule has 0 aliphatic rings. The summed E-state index contributed by atoms with van der Waals surface area (Å²) in [6, 6.07) is 3.94. The van der Waals surface area contributed by atoms with Crippen LogP contribution in [0.3, 0.4) is 0 Å². The van der Waals surface area contributed by atoms with Crippen molar-refractivity contribution >= 4 is 35.0 Å². The Bertz CT molecular complexity index is 640. The maximum absolute atomic E-state index is 11.6. The number of hydrogen-bond acceptors (Lipinski definition) is 7. The Hall–Kier alpha value is -1.87. The van der Waals surface area contributed by atoms with Crippen LogP contribution < -0.4 is 5.32 Å². The Balaban J connectivity index is 1.96. The molecule has 0 aliphatic carbocycles. The predicted octanol–water partition coefficient (Wildman–Crippen LogP) is 1.41. The van der Waals surface area contributed by atoms with E-state index in [1.165, 1.54) is 18.8 Å². The summed E-state index contributed by atoms with van der Waals surface area (Å²) in [5.41, 5.74) is 0. The van der Waals surface area contributed by atoms with Gasteiger partial charge in [-0.3, -0.25) is 9.59 Å². The van der Waals surface area contributed by atoms with Crippen molar-refractivity contribution in [3.05, 3.63) is 17.5 Å². The lowest BCUT2D eigenvalue weighted by Gasteiger charge is -2.06. The first-order chi connectivity index (χ1) is 10.7. The molecule has 2 rings (SSSR count). The van der Waals surface area contributed by atoms with E-state index in [1.54, 1.807) is 11.3 Å². The Labute approximate surface area is 136 Å². The number of nitrogens with one attached hydrogen (secondary N) is 1. The number of hydrogen-bond donors (Lipinski definition) is 1. The molecule has 2 heterocycles. The van der Waals surface area contributed by atoms with E-state index >= 15 is 0 Å². The molecule has 118 valence electrons. The average molecular weight is 340 g/mol. The van der Waals surface area contributed by atoms with Crippen molar-refractivity contribution in [2.24, 2.45) is 0 Å². The van der Waals surface area contributed by atoms with Crippen LogP contribution in [0.5, 0.6) is 0 Å². The van der Waals surface area contributed by atoms with Crippen molar-refractivity contribution in [3.63, 3.8) is 0 Å². The zero-order valence-electron chi connectivity index (χ0n) is 12.2. The molecular weight excluding hydrogens is 324 g/mol. The van der Waals surface area contributed by atoms with Crippen molar-refractivity contribution in [2.45, 2.75) is 18.6 Å². The van der Waals surface area contributed by atoms with Gasteiger partial charge in [-0.2, -0.15) is 0 Å². The van der Waals surface area contributed by atoms with Gasteiger partial charge in [-0.1, -0.05) is 17.8 Å². The number of carbonyl (C=O) groups is 2. The van der Waals surface area contributed by atoms with Gasteiger partial charge < -0.3 is 14.6 Å². The molecule has 0 spiro atoms. The lowest BCUT2D eigenvalue weighted by Crippen LogP contribution is -2.25. The third-order valence-corrected chi connectivity index (χ3v) is 4.54. The van der Waals surface area contributed by atoms with Crippen LogP contribution >= 0.6 is 23.1 Å². The minimum atomic E-state index is -0.461. The number of thiophene rings is 1. The molecule has 0 bridgehead atoms. The lowest BCUT2D eigenvalue weighted by atomic mass is 10.4. The predicted molar refractivity (Wildman–Crippen MR) is 84.8 cm³/mol. The van der Waals surface area contributed by atoms with Gasteiger partial charge >= 0.3 is 5.97 Å². The van der Waals surface area contributed by atoms with Crippen molar-refractivity contribution in [1.82, 2.24) is 20.1 Å². The first-order valence-electron chi connectivity index (χ1n) is 6.61. The van der Waals surface area contributed by atoms with Gasteiger partial charge in [0.05, 0.1) is 10.6 Å². The number of ether oxygens (including phenoxy) is 1. The number of esters is 1. The van der Waals surface area contributed by atoms with Crippen molar-refractivity contribution in [3.8, 4) is 10.7 Å². The Morgan fingerprint density at radius 1 is 1.45 bits per heavy atom. The molecule has 2 aromatic rings. The number of rotatable bonds is 7. The molecule has 0 saturated carbocycles. The molecular formula is C13H16N4O3S2. The minimum absolute atomic E-state index is 0.0829. The number of carbonyl (C=O) groups excluding carboxylic acids is 2. The maximum atomic E-state index is 11.6. The van der Waals surface area contributed by atoms with Crippen molar-refractivity contribution < 1.29 is 14.3 Å². The van der Waals surface area contributed by atoms with E-state index in [-0.39, 0.29) is 18.3 Å². The summed E-state index contributed by atoms with van der Waals surface area (Å²) < 4.78 is 6.79. The number of amides is 1. The molecule has 1 amide bonds. The number of nitrogens with zero attached hydrogens (tertiary/aromatic N) is 3. The third kappa shape index (κ3) is 4.08. The van der Waals surface area contributed by atoms with E-state index in [0.717, 1.165) is 10.7 Å². The molecule has 0 aliphatic heterocycles. The van der Waals surface area contributed by atoms with E-state index in [2.05, 4.69) is 15.5 Å². The second kappa shape index (κ2) is 7.95. The highest BCUT2D eigenvalue weighted by Crippen LogP contribution is 2.27. The summed E-state index contributed by atoms with van der Waals surface area (Å²) in [5, 5.41) is 13.3. The second-order valence-corrected chi connectivity index (χ2v) is 6.04. The Kier molecular flexibility index (Phi) is 5.96. The molecule has 0 fully saturated rings. The van der Waals surface area contributed by atoms with Crippen molar-refractivity contribution in [2.75, 3.05) is 19.4 Å². The number of thioether (sulfide) groups is 1. The summed E-state index contributed by atoms with van der Waals surface area (Å²) in [4.78, 5) is 23.6. The van der Waals surface area contributed by atoms with Crippen LogP contribution in [0, 0.1) is 0 Å². The normalized spacial score (nSPS) is 10.5. The first-order valence-corrected chi connectivity index (χ1v) is 8.48. The minimum Gasteiger partial charge on any atom is -0.455 e. The highest BCUT2D eigenvalue weighted by Gasteiger charge is 2.15. The largest absolute Gasteiger partial charge is 0.455 e. The van der Waals surface area contributed by atoms with Crippen LogP contribution in [-0.4, -0.2) is 46.0 Å². The van der Waals surface area contributed by atoms with Gasteiger partial charge in [-0.25, -0.2) is 0 Å². The molecule has 22 heavy (non-hydrogen) atoms. The molecule has 0 radical (unpaired) electrons. The summed E-state index contributed by atoms with van der Waals surface area (Å²) in [6.07, 6.45) is 0. The van der Waals surface area contributed by atoms with Gasteiger partial charge in [-0.05, 0) is 18.4 Å². The summed E-state index contributed by atoms with van der Waals surface area (Å²) in [5.74, 6) is 0.0743. The molecule has 1 N–H and O–H groups in total. The van der Waals surface area contributed by atoms with Crippen LogP contribution in [0.1, 0.15) is 6.92 Å². The van der Waals surface area contributed by atoms with Crippen LogP contribution in [-0.2, 0) is 20.9 Å². The van der Waals surface area contributed by atoms with Crippen molar-refractivity contribution in [1.29, 1.82) is 0 Å². The van der Waals surface area contributed by atoms with E-state index in [0.29, 0.717) is 11.7 Å². The fraction of sp³-hybridized carbons (Fsp3) is 0.385. The zero-order chi connectivity index (χ0) is 15.9. The molecule has 0 atom stereocenters. The average Bonchev–Trinajstić information content (AvgIpc) is 3.18. The second-order valence-electron chi connectivity index (χ2n) is 4.15. The fourth-order valence-corrected chi connectivity index (χ4v) is 3.17. The van der Waals surface area contributed by atoms with Gasteiger partial charge in [0.2, 0.25) is 0 Å². The first kappa shape index (κ1) is 16.5. The number of aromatic nitrogens is 3. The SMILES string of the molecule is CCn1c(SCC(=O)OCC(=O)NC)nnc1-c1cccs1. The van der Waals surface area contributed by atoms with Gasteiger partial charge in [-0.15, -0.1) is 21.5 Å². The lowest BCUT2D eigenvalue weighted by molar-refractivity contribution is -0.145. The van der Waals surface area contributed by atoms with Crippen LogP contribution in [0.4, 0.5) is 0 Å². The van der Waals surface area contributed by atoms with E-state index in [9.17, 15) is 9.59 Å². The smallest absolute Gasteiger partial charge is 0.316 e. The van der Waals surface area contributed by atoms with Gasteiger partial charge in [0.15, 0.2) is 17.6 Å². The van der Waals surface area contributed by atoms with E-state index in [1.807, 2.05) is 29.0 Å². The highest BCUT2D eigenvalue weighted by molar-refractivity contribution is 7.99. The standard InChI is InChI=1S/C13H16N4O3S2/c1-3-17-12(9-5-4-6-21-9)15-16-13(17)22-8-11(19)20-7-10(18)14-2/h4-6H,3,7-8H2,1-2H3,(H,14,18). The molecule has 9 heteroatoms. The number of likely N-dealkylation sites (N-methyl/N-ethyl adjacent to an activating group) is 1. The highest BCUT2D eigenvalue weighted by atomic mass is 32.2. The van der Waals surface area contributed by atoms with E-state index < -0.39 is 5.97 Å². The van der Waals surface area contributed by atoms with Gasteiger partial charge in [0.25, 0.3) is 5.91 Å².